The van der Waals surface area contributed by atoms with Gasteiger partial charge in [-0.2, -0.15) is 11.8 Å². The first-order valence-corrected chi connectivity index (χ1v) is 14.1. The summed E-state index contributed by atoms with van der Waals surface area (Å²) in [6, 6.07) is 0. The second kappa shape index (κ2) is 30.5. The van der Waals surface area contributed by atoms with Crippen LogP contribution < -0.4 is 0 Å². The summed E-state index contributed by atoms with van der Waals surface area (Å²) in [5.74, 6) is 2.81. The van der Waals surface area contributed by atoms with E-state index in [1.807, 2.05) is 0 Å². The van der Waals surface area contributed by atoms with Crippen LogP contribution in [0, 0.1) is 0 Å². The molecule has 1 unspecified atom stereocenters. The maximum Gasteiger partial charge on any atom is -0.00675 e. The van der Waals surface area contributed by atoms with Gasteiger partial charge in [0.25, 0.3) is 0 Å². The van der Waals surface area contributed by atoms with Crippen molar-refractivity contribution in [3.8, 4) is 0 Å². The molecule has 0 radical (unpaired) electrons. The Hall–Kier alpha value is 0.780. The van der Waals surface area contributed by atoms with Crippen LogP contribution in [-0.4, -0.2) is 17.7 Å². The third-order valence-electron chi connectivity index (χ3n) is 4.84. The van der Waals surface area contributed by atoms with Gasteiger partial charge in [-0.05, 0) is 36.9 Å². The second-order valence-corrected chi connectivity index (χ2v) is 9.51. The molecule has 1 atom stereocenters. The monoisotopic (exact) mass is 404 g/mol. The highest BCUT2D eigenvalue weighted by atomic mass is 32.2. The third kappa shape index (κ3) is 32.5. The van der Waals surface area contributed by atoms with E-state index >= 15 is 0 Å². The van der Waals surface area contributed by atoms with Gasteiger partial charge in [0.05, 0.1) is 0 Å². The molecule has 0 aliphatic heterocycles. The van der Waals surface area contributed by atoms with Crippen molar-refractivity contribution in [2.24, 2.45) is 0 Å². The van der Waals surface area contributed by atoms with E-state index in [0.29, 0.717) is 0 Å². The van der Waals surface area contributed by atoms with Crippen molar-refractivity contribution in [1.82, 2.24) is 0 Å². The zero-order chi connectivity index (χ0) is 19.6. The van der Waals surface area contributed by atoms with Crippen LogP contribution in [0.15, 0.2) is 0 Å². The van der Waals surface area contributed by atoms with Crippen molar-refractivity contribution in [2.45, 2.75) is 136 Å². The largest absolute Gasteiger partial charge is 0.162 e. The molecule has 2 heteroatoms. The minimum absolute atomic E-state index is 1.28. The summed E-state index contributed by atoms with van der Waals surface area (Å²) >= 11 is 2.18. The summed E-state index contributed by atoms with van der Waals surface area (Å²) in [7, 11) is 2.78. The number of rotatable bonds is 20. The fourth-order valence-corrected chi connectivity index (χ4v) is 4.30. The van der Waals surface area contributed by atoms with Gasteiger partial charge in [0.1, 0.15) is 0 Å². The number of hydrogen-bond donors (Lipinski definition) is 0. The van der Waals surface area contributed by atoms with E-state index in [4.69, 9.17) is 0 Å². The molecular weight excluding hydrogens is 351 g/mol. The Morgan fingerprint density at radius 1 is 0.423 bits per heavy atom. The van der Waals surface area contributed by atoms with E-state index in [-0.39, 0.29) is 0 Å². The van der Waals surface area contributed by atoms with Crippen LogP contribution in [-0.2, 0) is 0 Å². The van der Waals surface area contributed by atoms with Gasteiger partial charge in [-0.3, -0.25) is 0 Å². The first kappa shape index (κ1) is 29.0. The Balaban J connectivity index is 0. The summed E-state index contributed by atoms with van der Waals surface area (Å²) in [5.41, 5.74) is 0. The second-order valence-electron chi connectivity index (χ2n) is 7.70. The first-order valence-electron chi connectivity index (χ1n) is 12.1. The van der Waals surface area contributed by atoms with Crippen molar-refractivity contribution in [3.05, 3.63) is 0 Å². The highest BCUT2D eigenvalue weighted by Gasteiger charge is 1.93. The van der Waals surface area contributed by atoms with Gasteiger partial charge in [0.15, 0.2) is 0 Å². The van der Waals surface area contributed by atoms with E-state index in [9.17, 15) is 0 Å². The van der Waals surface area contributed by atoms with Crippen molar-refractivity contribution in [3.63, 3.8) is 0 Å². The molecule has 0 saturated heterocycles. The van der Waals surface area contributed by atoms with Gasteiger partial charge < -0.3 is 0 Å². The van der Waals surface area contributed by atoms with Gasteiger partial charge in [0, 0.05) is 0 Å². The molecule has 0 aliphatic rings. The van der Waals surface area contributed by atoms with Crippen molar-refractivity contribution >= 4 is 21.0 Å². The summed E-state index contributed by atoms with van der Waals surface area (Å²) in [4.78, 5) is 0. The van der Waals surface area contributed by atoms with Gasteiger partial charge in [0.2, 0.25) is 0 Å². The van der Waals surface area contributed by atoms with Gasteiger partial charge >= 0.3 is 0 Å². The molecule has 0 spiro atoms. The van der Waals surface area contributed by atoms with Gasteiger partial charge in [-0.25, -0.2) is 0 Å². The highest BCUT2D eigenvalue weighted by Crippen LogP contribution is 2.13. The quantitative estimate of drug-likeness (QED) is 0.144. The standard InChI is InChI=1S/C16H34S.C8H19P/c1-3-5-7-9-11-13-15-17-16-14-12-10-8-6-4-2;1-2-3-4-5-6-7-8-9/h3-16H2,1-2H3;2-9H2,1H3. The smallest absolute Gasteiger partial charge is 0.00675 e. The third-order valence-corrected chi connectivity index (χ3v) is 6.41. The Morgan fingerprint density at radius 2 is 0.731 bits per heavy atom. The fourth-order valence-electron chi connectivity index (χ4n) is 3.00. The maximum absolute atomic E-state index is 2.78. The predicted octanol–water partition coefficient (Wildman–Crippen LogP) is 9.66. The zero-order valence-corrected chi connectivity index (χ0v) is 20.8. The summed E-state index contributed by atoms with van der Waals surface area (Å²) in [6.07, 6.45) is 27.1. The average Bonchev–Trinajstić information content (AvgIpc) is 2.66. The Bertz CT molecular complexity index is 188. The minimum Gasteiger partial charge on any atom is -0.162 e. The first-order chi connectivity index (χ1) is 12.8. The van der Waals surface area contributed by atoms with Gasteiger partial charge in [-0.1, -0.05) is 117 Å². The molecular formula is C24H53PS. The van der Waals surface area contributed by atoms with Crippen molar-refractivity contribution in [1.29, 1.82) is 0 Å². The normalized spacial score (nSPS) is 10.6. The summed E-state index contributed by atoms with van der Waals surface area (Å²) in [5, 5.41) is 0. The molecule has 0 heterocycles. The Labute approximate surface area is 175 Å². The Kier molecular flexibility index (Phi) is 34.0. The molecule has 0 aromatic rings. The van der Waals surface area contributed by atoms with Crippen molar-refractivity contribution in [2.75, 3.05) is 17.7 Å². The molecule has 0 aromatic carbocycles. The predicted molar refractivity (Wildman–Crippen MR) is 132 cm³/mol. The van der Waals surface area contributed by atoms with E-state index in [2.05, 4.69) is 41.8 Å². The number of hydrogen-bond acceptors (Lipinski definition) is 1. The van der Waals surface area contributed by atoms with Crippen LogP contribution in [0.25, 0.3) is 0 Å². The highest BCUT2D eigenvalue weighted by molar-refractivity contribution is 7.99. The van der Waals surface area contributed by atoms with Crippen LogP contribution in [0.3, 0.4) is 0 Å². The van der Waals surface area contributed by atoms with Crippen molar-refractivity contribution < 1.29 is 0 Å². The molecule has 0 saturated carbocycles. The number of unbranched alkanes of at least 4 members (excludes halogenated alkanes) is 15. The van der Waals surface area contributed by atoms with Crippen LogP contribution in [0.4, 0.5) is 0 Å². The molecule has 0 aliphatic carbocycles. The summed E-state index contributed by atoms with van der Waals surface area (Å²) < 4.78 is 0. The fraction of sp³-hybridized carbons (Fsp3) is 1.00. The topological polar surface area (TPSA) is 0 Å². The van der Waals surface area contributed by atoms with Crippen LogP contribution in [0.5, 0.6) is 0 Å². The average molecular weight is 405 g/mol. The molecule has 0 fully saturated rings. The molecule has 0 rings (SSSR count). The lowest BCUT2D eigenvalue weighted by Gasteiger charge is -2.02. The maximum atomic E-state index is 2.78. The minimum atomic E-state index is 1.28. The number of thioether (sulfide) groups is 1. The lowest BCUT2D eigenvalue weighted by atomic mass is 10.1. The van der Waals surface area contributed by atoms with E-state index < -0.39 is 0 Å². The van der Waals surface area contributed by atoms with E-state index in [0.717, 1.165) is 0 Å². The lowest BCUT2D eigenvalue weighted by molar-refractivity contribution is 0.624. The van der Waals surface area contributed by atoms with E-state index in [1.54, 1.807) is 0 Å². The molecule has 0 nitrogen and oxygen atoms in total. The Morgan fingerprint density at radius 3 is 1.08 bits per heavy atom. The van der Waals surface area contributed by atoms with Crippen LogP contribution in [0.1, 0.15) is 136 Å². The molecule has 0 aromatic heterocycles. The van der Waals surface area contributed by atoms with Crippen LogP contribution >= 0.6 is 21.0 Å². The summed E-state index contributed by atoms with van der Waals surface area (Å²) in [6.45, 7) is 6.84. The van der Waals surface area contributed by atoms with Gasteiger partial charge in [-0.15, -0.1) is 9.24 Å². The zero-order valence-electron chi connectivity index (χ0n) is 18.8. The van der Waals surface area contributed by atoms with Crippen LogP contribution in [0.2, 0.25) is 0 Å². The molecule has 26 heavy (non-hydrogen) atoms. The SMILES string of the molecule is CCCCCCCCP.CCCCCCCCSCCCCCCCC. The molecule has 0 bridgehead atoms. The lowest BCUT2D eigenvalue weighted by Crippen LogP contribution is -1.86. The molecule has 160 valence electrons. The molecule has 0 amide bonds. The molecule has 0 N–H and O–H groups in total. The van der Waals surface area contributed by atoms with E-state index in [1.165, 1.54) is 133 Å².